The average molecular weight is 437 g/mol. The van der Waals surface area contributed by atoms with Gasteiger partial charge in [0.25, 0.3) is 0 Å². The Hall–Kier alpha value is -1.60. The Morgan fingerprint density at radius 2 is 1.62 bits per heavy atom. The highest BCUT2D eigenvalue weighted by Gasteiger charge is 2.31. The van der Waals surface area contributed by atoms with Crippen molar-refractivity contribution in [2.24, 2.45) is 0 Å². The third kappa shape index (κ3) is 5.12. The molecule has 0 aliphatic carbocycles. The zero-order valence-corrected chi connectivity index (χ0v) is 19.1. The van der Waals surface area contributed by atoms with E-state index < -0.39 is 10.0 Å². The summed E-state index contributed by atoms with van der Waals surface area (Å²) in [5.41, 5.74) is 2.69. The van der Waals surface area contributed by atoms with E-state index in [1.54, 1.807) is 12.1 Å². The van der Waals surface area contributed by atoms with E-state index >= 15 is 0 Å². The molecule has 2 aromatic carbocycles. The largest absolute Gasteiger partial charge is 0.495 e. The SMILES string of the molecule is COc1ccc(Cl)cc1S(=O)(=O)N1CCN(Cc2ccc(C(C)(C)C)cc2)CC1. The van der Waals surface area contributed by atoms with Gasteiger partial charge in [-0.2, -0.15) is 4.31 Å². The van der Waals surface area contributed by atoms with Gasteiger partial charge < -0.3 is 4.74 Å². The minimum Gasteiger partial charge on any atom is -0.495 e. The number of rotatable bonds is 5. The molecule has 0 aromatic heterocycles. The lowest BCUT2D eigenvalue weighted by Gasteiger charge is -2.34. The maximum Gasteiger partial charge on any atom is 0.246 e. The fraction of sp³-hybridized carbons (Fsp3) is 0.455. The lowest BCUT2D eigenvalue weighted by atomic mass is 9.87. The summed E-state index contributed by atoms with van der Waals surface area (Å²) in [5, 5.41) is 0.377. The van der Waals surface area contributed by atoms with Crippen molar-refractivity contribution in [3.63, 3.8) is 0 Å². The van der Waals surface area contributed by atoms with Gasteiger partial charge in [-0.15, -0.1) is 0 Å². The number of halogens is 1. The number of piperazine rings is 1. The van der Waals surface area contributed by atoms with Gasteiger partial charge in [-0.25, -0.2) is 8.42 Å². The van der Waals surface area contributed by atoms with E-state index in [9.17, 15) is 8.42 Å². The topological polar surface area (TPSA) is 49.9 Å². The van der Waals surface area contributed by atoms with E-state index in [4.69, 9.17) is 16.3 Å². The maximum atomic E-state index is 13.1. The molecule has 0 saturated carbocycles. The van der Waals surface area contributed by atoms with E-state index in [2.05, 4.69) is 49.9 Å². The highest BCUT2D eigenvalue weighted by atomic mass is 35.5. The summed E-state index contributed by atoms with van der Waals surface area (Å²) in [7, 11) is -2.18. The molecular weight excluding hydrogens is 408 g/mol. The maximum absolute atomic E-state index is 13.1. The van der Waals surface area contributed by atoms with Gasteiger partial charge in [0.15, 0.2) is 0 Å². The van der Waals surface area contributed by atoms with Crippen LogP contribution in [0, 0.1) is 0 Å². The molecule has 5 nitrogen and oxygen atoms in total. The van der Waals surface area contributed by atoms with Crippen LogP contribution in [0.2, 0.25) is 5.02 Å². The molecule has 0 radical (unpaired) electrons. The molecule has 7 heteroatoms. The Kier molecular flexibility index (Phi) is 6.58. The van der Waals surface area contributed by atoms with Gasteiger partial charge in [-0.1, -0.05) is 56.6 Å². The van der Waals surface area contributed by atoms with Crippen molar-refractivity contribution in [2.45, 2.75) is 37.6 Å². The van der Waals surface area contributed by atoms with Crippen LogP contribution in [0.3, 0.4) is 0 Å². The Balaban J connectivity index is 1.65. The lowest BCUT2D eigenvalue weighted by molar-refractivity contribution is 0.181. The molecule has 0 unspecified atom stereocenters. The van der Waals surface area contributed by atoms with Gasteiger partial charge in [-0.05, 0) is 34.7 Å². The molecule has 0 atom stereocenters. The van der Waals surface area contributed by atoms with E-state index in [-0.39, 0.29) is 10.3 Å². The zero-order valence-electron chi connectivity index (χ0n) is 17.5. The molecule has 0 amide bonds. The van der Waals surface area contributed by atoms with E-state index in [0.29, 0.717) is 37.0 Å². The number of benzene rings is 2. The Morgan fingerprint density at radius 3 is 2.17 bits per heavy atom. The molecule has 1 aliphatic heterocycles. The van der Waals surface area contributed by atoms with Crippen molar-refractivity contribution < 1.29 is 13.2 Å². The number of hydrogen-bond acceptors (Lipinski definition) is 4. The fourth-order valence-corrected chi connectivity index (χ4v) is 5.33. The van der Waals surface area contributed by atoms with Crippen LogP contribution in [0.5, 0.6) is 5.75 Å². The number of sulfonamides is 1. The van der Waals surface area contributed by atoms with Crippen molar-refractivity contribution in [3.8, 4) is 5.75 Å². The molecule has 1 fully saturated rings. The third-order valence-electron chi connectivity index (χ3n) is 5.30. The van der Waals surface area contributed by atoms with Crippen LogP contribution < -0.4 is 4.74 Å². The summed E-state index contributed by atoms with van der Waals surface area (Å²) in [6.45, 7) is 9.69. The molecule has 0 spiro atoms. The normalized spacial score (nSPS) is 16.7. The molecular formula is C22H29ClN2O3S. The highest BCUT2D eigenvalue weighted by molar-refractivity contribution is 7.89. The average Bonchev–Trinajstić information content (AvgIpc) is 2.68. The number of hydrogen-bond donors (Lipinski definition) is 0. The van der Waals surface area contributed by atoms with Crippen LogP contribution >= 0.6 is 11.6 Å². The first-order valence-corrected chi connectivity index (χ1v) is 11.6. The monoisotopic (exact) mass is 436 g/mol. The molecule has 0 N–H and O–H groups in total. The molecule has 3 rings (SSSR count). The standard InChI is InChI=1S/C22H29ClN2O3S/c1-22(2,3)18-7-5-17(6-8-18)16-24-11-13-25(14-12-24)29(26,27)21-15-19(23)9-10-20(21)28-4/h5-10,15H,11-14,16H2,1-4H3. The summed E-state index contributed by atoms with van der Waals surface area (Å²) in [6, 6.07) is 13.4. The number of nitrogens with zero attached hydrogens (tertiary/aromatic N) is 2. The van der Waals surface area contributed by atoms with Crippen molar-refractivity contribution >= 4 is 21.6 Å². The first-order chi connectivity index (χ1) is 13.6. The van der Waals surface area contributed by atoms with Crippen LogP contribution in [0.25, 0.3) is 0 Å². The first kappa shape index (κ1) is 22.1. The molecule has 0 bridgehead atoms. The van der Waals surface area contributed by atoms with Gasteiger partial charge in [0.1, 0.15) is 10.6 Å². The molecule has 1 heterocycles. The summed E-state index contributed by atoms with van der Waals surface area (Å²) in [5.74, 6) is 0.316. The molecule has 29 heavy (non-hydrogen) atoms. The van der Waals surface area contributed by atoms with Gasteiger partial charge in [0.2, 0.25) is 10.0 Å². The Labute approximate surface area is 179 Å². The van der Waals surface area contributed by atoms with Gasteiger partial charge in [-0.3, -0.25) is 4.90 Å². The molecule has 1 aliphatic rings. The van der Waals surface area contributed by atoms with E-state index in [1.807, 2.05) is 0 Å². The Bertz CT molecular complexity index is 945. The second-order valence-corrected chi connectivity index (χ2v) is 10.8. The minimum absolute atomic E-state index is 0.124. The van der Waals surface area contributed by atoms with Crippen LogP contribution in [0.1, 0.15) is 31.9 Å². The molecule has 1 saturated heterocycles. The third-order valence-corrected chi connectivity index (χ3v) is 7.46. The second-order valence-electron chi connectivity index (χ2n) is 8.42. The number of ether oxygens (including phenoxy) is 1. The predicted octanol–water partition coefficient (Wildman–Crippen LogP) is 4.15. The van der Waals surface area contributed by atoms with Crippen LogP contribution in [-0.4, -0.2) is 50.9 Å². The predicted molar refractivity (Wildman–Crippen MR) is 117 cm³/mol. The Morgan fingerprint density at radius 1 is 1.00 bits per heavy atom. The summed E-state index contributed by atoms with van der Waals surface area (Å²) in [4.78, 5) is 2.41. The molecule has 158 valence electrons. The highest BCUT2D eigenvalue weighted by Crippen LogP contribution is 2.30. The summed E-state index contributed by atoms with van der Waals surface area (Å²) in [6.07, 6.45) is 0. The van der Waals surface area contributed by atoms with Crippen LogP contribution in [-0.2, 0) is 22.0 Å². The van der Waals surface area contributed by atoms with Crippen molar-refractivity contribution in [3.05, 3.63) is 58.6 Å². The van der Waals surface area contributed by atoms with Gasteiger partial charge >= 0.3 is 0 Å². The number of methoxy groups -OCH3 is 1. The quantitative estimate of drug-likeness (QED) is 0.706. The molecule has 2 aromatic rings. The second kappa shape index (κ2) is 8.64. The first-order valence-electron chi connectivity index (χ1n) is 9.77. The van der Waals surface area contributed by atoms with Crippen molar-refractivity contribution in [2.75, 3.05) is 33.3 Å². The van der Waals surface area contributed by atoms with Gasteiger partial charge in [0.05, 0.1) is 7.11 Å². The van der Waals surface area contributed by atoms with Gasteiger partial charge in [0, 0.05) is 37.7 Å². The minimum atomic E-state index is -3.65. The smallest absolute Gasteiger partial charge is 0.246 e. The lowest BCUT2D eigenvalue weighted by Crippen LogP contribution is -2.48. The van der Waals surface area contributed by atoms with E-state index in [1.165, 1.54) is 28.6 Å². The fourth-order valence-electron chi connectivity index (χ4n) is 3.49. The summed E-state index contributed by atoms with van der Waals surface area (Å²) < 4.78 is 32.9. The van der Waals surface area contributed by atoms with E-state index in [0.717, 1.165) is 6.54 Å². The van der Waals surface area contributed by atoms with Crippen LogP contribution in [0.15, 0.2) is 47.4 Å². The zero-order chi connectivity index (χ0) is 21.2. The van der Waals surface area contributed by atoms with Crippen LogP contribution in [0.4, 0.5) is 0 Å². The van der Waals surface area contributed by atoms with Crippen molar-refractivity contribution in [1.82, 2.24) is 9.21 Å². The van der Waals surface area contributed by atoms with Crippen molar-refractivity contribution in [1.29, 1.82) is 0 Å². The summed E-state index contributed by atoms with van der Waals surface area (Å²) >= 11 is 6.02.